The van der Waals surface area contributed by atoms with Gasteiger partial charge in [-0.3, -0.25) is 4.79 Å². The fraction of sp³-hybridized carbons (Fsp3) is 0.250. The molecule has 0 unspecified atom stereocenters. The maximum absolute atomic E-state index is 12.9. The number of halogens is 3. The molecule has 1 atom stereocenters. The van der Waals surface area contributed by atoms with Crippen LogP contribution in [0.15, 0.2) is 54.6 Å². The number of ketones is 1. The van der Waals surface area contributed by atoms with Crippen LogP contribution in [0.2, 0.25) is 0 Å². The van der Waals surface area contributed by atoms with Gasteiger partial charge in [0.2, 0.25) is 0 Å². The molecule has 0 aromatic heterocycles. The van der Waals surface area contributed by atoms with Crippen molar-refractivity contribution in [1.29, 1.82) is 0 Å². The standard InChI is InChI=1S/C20H17F3O2/c1-25-19-7-5-13(6-8-19)15-9-16(12-18(24)11-15)14-3-2-4-17(10-14)20(21,22)23/h2-8,10,12,15H,9,11H2,1H3/t15-/m1/s1. The summed E-state index contributed by atoms with van der Waals surface area (Å²) in [6, 6.07) is 12.6. The van der Waals surface area contributed by atoms with E-state index in [0.29, 0.717) is 24.0 Å². The Bertz CT molecular complexity index is 804. The summed E-state index contributed by atoms with van der Waals surface area (Å²) in [7, 11) is 1.58. The van der Waals surface area contributed by atoms with E-state index in [-0.39, 0.29) is 11.7 Å². The van der Waals surface area contributed by atoms with Crippen LogP contribution < -0.4 is 4.74 Å². The molecular formula is C20H17F3O2. The first-order valence-corrected chi connectivity index (χ1v) is 7.92. The second-order valence-electron chi connectivity index (χ2n) is 6.09. The molecule has 0 saturated heterocycles. The Hall–Kier alpha value is -2.56. The lowest BCUT2D eigenvalue weighted by Gasteiger charge is -2.23. The Morgan fingerprint density at radius 1 is 1.04 bits per heavy atom. The maximum atomic E-state index is 12.9. The summed E-state index contributed by atoms with van der Waals surface area (Å²) in [4.78, 5) is 12.1. The lowest BCUT2D eigenvalue weighted by Crippen LogP contribution is -2.13. The molecule has 1 aliphatic rings. The third-order valence-electron chi connectivity index (χ3n) is 4.40. The molecule has 2 nitrogen and oxygen atoms in total. The number of allylic oxidation sites excluding steroid dienone is 2. The van der Waals surface area contributed by atoms with E-state index in [0.717, 1.165) is 23.4 Å². The Labute approximate surface area is 143 Å². The van der Waals surface area contributed by atoms with Crippen molar-refractivity contribution in [1.82, 2.24) is 0 Å². The number of methoxy groups -OCH3 is 1. The fourth-order valence-electron chi connectivity index (χ4n) is 3.10. The highest BCUT2D eigenvalue weighted by Gasteiger charge is 2.31. The van der Waals surface area contributed by atoms with Crippen molar-refractivity contribution in [3.05, 3.63) is 71.3 Å². The van der Waals surface area contributed by atoms with Crippen LogP contribution in [0.1, 0.15) is 35.4 Å². The van der Waals surface area contributed by atoms with E-state index in [9.17, 15) is 18.0 Å². The van der Waals surface area contributed by atoms with Crippen molar-refractivity contribution in [3.8, 4) is 5.75 Å². The van der Waals surface area contributed by atoms with E-state index in [2.05, 4.69) is 0 Å². The molecule has 0 saturated carbocycles. The molecule has 130 valence electrons. The molecule has 25 heavy (non-hydrogen) atoms. The SMILES string of the molecule is COc1ccc([C@H]2CC(=O)C=C(c3cccc(C(F)(F)F)c3)C2)cc1. The molecule has 0 bridgehead atoms. The molecule has 1 aliphatic carbocycles. The first kappa shape index (κ1) is 17.3. The van der Waals surface area contributed by atoms with Gasteiger partial charge in [-0.1, -0.05) is 24.3 Å². The van der Waals surface area contributed by atoms with Crippen molar-refractivity contribution in [2.75, 3.05) is 7.11 Å². The predicted octanol–water partition coefficient (Wildman–Crippen LogP) is 5.24. The Balaban J connectivity index is 1.88. The molecule has 0 N–H and O–H groups in total. The summed E-state index contributed by atoms with van der Waals surface area (Å²) < 4.78 is 43.9. The summed E-state index contributed by atoms with van der Waals surface area (Å²) in [6.45, 7) is 0. The minimum atomic E-state index is -4.40. The molecule has 0 fully saturated rings. The number of hydrogen-bond acceptors (Lipinski definition) is 2. The summed E-state index contributed by atoms with van der Waals surface area (Å²) in [5, 5.41) is 0. The van der Waals surface area contributed by atoms with Crippen molar-refractivity contribution in [3.63, 3.8) is 0 Å². The van der Waals surface area contributed by atoms with E-state index < -0.39 is 11.7 Å². The number of carbonyl (C=O) groups is 1. The van der Waals surface area contributed by atoms with Crippen LogP contribution in [0, 0.1) is 0 Å². The van der Waals surface area contributed by atoms with Crippen molar-refractivity contribution in [2.45, 2.75) is 24.9 Å². The van der Waals surface area contributed by atoms with Gasteiger partial charge in [0.15, 0.2) is 5.78 Å². The quantitative estimate of drug-likeness (QED) is 0.759. The van der Waals surface area contributed by atoms with Gasteiger partial charge in [0, 0.05) is 6.42 Å². The number of benzene rings is 2. The Morgan fingerprint density at radius 3 is 2.40 bits per heavy atom. The maximum Gasteiger partial charge on any atom is 0.416 e. The average molecular weight is 346 g/mol. The van der Waals surface area contributed by atoms with Crippen LogP contribution in [0.4, 0.5) is 13.2 Å². The third-order valence-corrected chi connectivity index (χ3v) is 4.40. The topological polar surface area (TPSA) is 26.3 Å². The Morgan fingerprint density at radius 2 is 1.76 bits per heavy atom. The van der Waals surface area contributed by atoms with Crippen LogP contribution in [0.3, 0.4) is 0 Å². The molecule has 5 heteroatoms. The van der Waals surface area contributed by atoms with Crippen molar-refractivity contribution in [2.24, 2.45) is 0 Å². The minimum absolute atomic E-state index is 0.0482. The number of rotatable bonds is 3. The van der Waals surface area contributed by atoms with Gasteiger partial charge >= 0.3 is 6.18 Å². The first-order valence-electron chi connectivity index (χ1n) is 7.92. The number of alkyl halides is 3. The highest BCUT2D eigenvalue weighted by molar-refractivity contribution is 5.99. The minimum Gasteiger partial charge on any atom is -0.497 e. The van der Waals surface area contributed by atoms with Crippen LogP contribution in [-0.2, 0) is 11.0 Å². The zero-order valence-corrected chi connectivity index (χ0v) is 13.6. The summed E-state index contributed by atoms with van der Waals surface area (Å²) >= 11 is 0. The Kier molecular flexibility index (Phi) is 4.66. The van der Waals surface area contributed by atoms with Gasteiger partial charge in [0.05, 0.1) is 12.7 Å². The molecule has 0 spiro atoms. The fourth-order valence-corrected chi connectivity index (χ4v) is 3.10. The average Bonchev–Trinajstić information content (AvgIpc) is 2.61. The summed E-state index contributed by atoms with van der Waals surface area (Å²) in [5.41, 5.74) is 1.36. The van der Waals surface area contributed by atoms with E-state index in [4.69, 9.17) is 4.74 Å². The second-order valence-corrected chi connectivity index (χ2v) is 6.09. The normalized spacial score (nSPS) is 18.0. The van der Waals surface area contributed by atoms with Gasteiger partial charge in [0.1, 0.15) is 5.75 Å². The van der Waals surface area contributed by atoms with Crippen LogP contribution in [0.25, 0.3) is 5.57 Å². The van der Waals surface area contributed by atoms with Gasteiger partial charge < -0.3 is 4.74 Å². The van der Waals surface area contributed by atoms with E-state index >= 15 is 0 Å². The van der Waals surface area contributed by atoms with Gasteiger partial charge in [-0.2, -0.15) is 13.2 Å². The van der Waals surface area contributed by atoms with Gasteiger partial charge in [-0.05, 0) is 59.4 Å². The van der Waals surface area contributed by atoms with E-state index in [1.807, 2.05) is 24.3 Å². The van der Waals surface area contributed by atoms with Crippen LogP contribution in [-0.4, -0.2) is 12.9 Å². The highest BCUT2D eigenvalue weighted by atomic mass is 19.4. The zero-order valence-electron chi connectivity index (χ0n) is 13.6. The second kappa shape index (κ2) is 6.75. The molecule has 2 aromatic rings. The van der Waals surface area contributed by atoms with Crippen LogP contribution >= 0.6 is 0 Å². The number of hydrogen-bond donors (Lipinski definition) is 0. The van der Waals surface area contributed by atoms with Crippen LogP contribution in [0.5, 0.6) is 5.75 Å². The summed E-state index contributed by atoms with van der Waals surface area (Å²) in [6.07, 6.45) is -2.05. The lowest BCUT2D eigenvalue weighted by atomic mass is 9.81. The smallest absolute Gasteiger partial charge is 0.416 e. The molecule has 0 amide bonds. The van der Waals surface area contributed by atoms with E-state index in [1.165, 1.54) is 12.1 Å². The number of carbonyl (C=O) groups excluding carboxylic acids is 1. The van der Waals surface area contributed by atoms with Gasteiger partial charge in [-0.15, -0.1) is 0 Å². The molecule has 3 rings (SSSR count). The van der Waals surface area contributed by atoms with Crippen molar-refractivity contribution < 1.29 is 22.7 Å². The first-order chi connectivity index (χ1) is 11.9. The van der Waals surface area contributed by atoms with Gasteiger partial charge in [0.25, 0.3) is 0 Å². The number of ether oxygens (including phenoxy) is 1. The predicted molar refractivity (Wildman–Crippen MR) is 89.4 cm³/mol. The van der Waals surface area contributed by atoms with E-state index in [1.54, 1.807) is 13.2 Å². The molecule has 0 heterocycles. The molecular weight excluding hydrogens is 329 g/mol. The van der Waals surface area contributed by atoms with Crippen molar-refractivity contribution >= 4 is 11.4 Å². The molecule has 0 aliphatic heterocycles. The lowest BCUT2D eigenvalue weighted by molar-refractivity contribution is -0.137. The third kappa shape index (κ3) is 3.92. The largest absolute Gasteiger partial charge is 0.497 e. The summed E-state index contributed by atoms with van der Waals surface area (Å²) in [5.74, 6) is 0.604. The molecule has 0 radical (unpaired) electrons. The highest BCUT2D eigenvalue weighted by Crippen LogP contribution is 2.38. The van der Waals surface area contributed by atoms with Gasteiger partial charge in [-0.25, -0.2) is 0 Å². The molecule has 2 aromatic carbocycles. The zero-order chi connectivity index (χ0) is 18.0. The monoisotopic (exact) mass is 346 g/mol.